The van der Waals surface area contributed by atoms with E-state index in [0.717, 1.165) is 12.1 Å². The van der Waals surface area contributed by atoms with Crippen molar-refractivity contribution < 1.29 is 28.7 Å². The molecular formula is C12H13FN2O6. The first-order valence-corrected chi connectivity index (χ1v) is 6.03. The third-order valence-electron chi connectivity index (χ3n) is 3.20. The van der Waals surface area contributed by atoms with Crippen molar-refractivity contribution in [3.63, 3.8) is 0 Å². The summed E-state index contributed by atoms with van der Waals surface area (Å²) < 4.78 is 23.8. The van der Waals surface area contributed by atoms with E-state index in [1.54, 1.807) is 0 Å². The molecule has 21 heavy (non-hydrogen) atoms. The van der Waals surface area contributed by atoms with Crippen molar-refractivity contribution in [3.8, 4) is 5.75 Å². The third kappa shape index (κ3) is 3.02. The highest BCUT2D eigenvalue weighted by molar-refractivity contribution is 5.72. The van der Waals surface area contributed by atoms with E-state index < -0.39 is 34.4 Å². The van der Waals surface area contributed by atoms with Gasteiger partial charge in [-0.25, -0.2) is 4.39 Å². The van der Waals surface area contributed by atoms with Gasteiger partial charge in [0.25, 0.3) is 0 Å². The van der Waals surface area contributed by atoms with Crippen molar-refractivity contribution in [2.75, 3.05) is 25.6 Å². The van der Waals surface area contributed by atoms with Crippen molar-refractivity contribution in [2.45, 2.75) is 6.04 Å². The van der Waals surface area contributed by atoms with Crippen LogP contribution in [-0.2, 0) is 9.53 Å². The first-order valence-electron chi connectivity index (χ1n) is 6.03. The number of carbonyl (C=O) groups is 1. The second-order valence-corrected chi connectivity index (χ2v) is 4.49. The highest BCUT2D eigenvalue weighted by Gasteiger charge is 2.34. The minimum absolute atomic E-state index is 0.0265. The molecule has 2 atom stereocenters. The van der Waals surface area contributed by atoms with Crippen LogP contribution in [0.5, 0.6) is 5.75 Å². The average molecular weight is 300 g/mol. The molecule has 1 aliphatic heterocycles. The number of carboxylic acid groups (broad SMARTS) is 1. The Labute approximate surface area is 118 Å². The highest BCUT2D eigenvalue weighted by Crippen LogP contribution is 2.33. The van der Waals surface area contributed by atoms with Crippen LogP contribution in [0.4, 0.5) is 15.8 Å². The fourth-order valence-corrected chi connectivity index (χ4v) is 2.10. The van der Waals surface area contributed by atoms with Gasteiger partial charge in [0.1, 0.15) is 5.92 Å². The molecule has 0 aromatic heterocycles. The van der Waals surface area contributed by atoms with Gasteiger partial charge in [-0.3, -0.25) is 14.9 Å². The standard InChI is InChI=1S/C12H13FN2O6/c1-20-11-3-8(7(13)2-10(11)15(18)19)14-9-5-21-4-6(9)12(16)17/h2-3,6,9,14H,4-5H2,1H3,(H,16,17). The number of aliphatic carboxylic acids is 1. The first kappa shape index (κ1) is 15.0. The Kier molecular flexibility index (Phi) is 4.22. The summed E-state index contributed by atoms with van der Waals surface area (Å²) in [5.41, 5.74) is -0.572. The summed E-state index contributed by atoms with van der Waals surface area (Å²) in [5, 5.41) is 22.5. The molecule has 1 aliphatic rings. The molecule has 0 radical (unpaired) electrons. The molecule has 0 aliphatic carbocycles. The van der Waals surface area contributed by atoms with Crippen LogP contribution in [0.1, 0.15) is 0 Å². The maximum atomic E-state index is 13.9. The molecule has 8 nitrogen and oxygen atoms in total. The molecule has 9 heteroatoms. The first-order chi connectivity index (χ1) is 9.93. The van der Waals surface area contributed by atoms with Crippen molar-refractivity contribution in [3.05, 3.63) is 28.1 Å². The van der Waals surface area contributed by atoms with Gasteiger partial charge in [-0.2, -0.15) is 0 Å². The van der Waals surface area contributed by atoms with Gasteiger partial charge in [0.05, 0.1) is 43.0 Å². The Morgan fingerprint density at radius 1 is 1.57 bits per heavy atom. The summed E-state index contributed by atoms with van der Waals surface area (Å²) in [6, 6.07) is 1.24. The summed E-state index contributed by atoms with van der Waals surface area (Å²) in [5.74, 6) is -2.85. The zero-order valence-electron chi connectivity index (χ0n) is 11.0. The molecule has 1 aromatic rings. The number of nitrogens with one attached hydrogen (secondary N) is 1. The van der Waals surface area contributed by atoms with Gasteiger partial charge in [-0.05, 0) is 0 Å². The largest absolute Gasteiger partial charge is 0.490 e. The molecule has 0 amide bonds. The predicted octanol–water partition coefficient (Wildman–Crippen LogP) is 1.25. The fourth-order valence-electron chi connectivity index (χ4n) is 2.10. The lowest BCUT2D eigenvalue weighted by Crippen LogP contribution is -2.33. The zero-order valence-corrected chi connectivity index (χ0v) is 11.0. The predicted molar refractivity (Wildman–Crippen MR) is 69.0 cm³/mol. The number of rotatable bonds is 5. The molecule has 1 aromatic carbocycles. The number of hydrogen-bond acceptors (Lipinski definition) is 6. The Balaban J connectivity index is 2.28. The van der Waals surface area contributed by atoms with Gasteiger partial charge >= 0.3 is 11.7 Å². The van der Waals surface area contributed by atoms with Crippen LogP contribution in [0, 0.1) is 21.8 Å². The molecule has 1 saturated heterocycles. The fraction of sp³-hybridized carbons (Fsp3) is 0.417. The van der Waals surface area contributed by atoms with Crippen LogP contribution in [0.2, 0.25) is 0 Å². The summed E-state index contributed by atoms with van der Waals surface area (Å²) in [6.45, 7) is 0.133. The molecule has 2 N–H and O–H groups in total. The lowest BCUT2D eigenvalue weighted by molar-refractivity contribution is -0.385. The molecule has 0 bridgehead atoms. The summed E-state index contributed by atoms with van der Waals surface area (Å²) in [7, 11) is 1.22. The number of anilines is 1. The summed E-state index contributed by atoms with van der Waals surface area (Å²) >= 11 is 0. The normalized spacial score (nSPS) is 21.0. The van der Waals surface area contributed by atoms with E-state index in [9.17, 15) is 19.3 Å². The number of nitro benzene ring substituents is 1. The topological polar surface area (TPSA) is 111 Å². The van der Waals surface area contributed by atoms with Crippen LogP contribution in [0.15, 0.2) is 12.1 Å². The number of benzene rings is 1. The Hall–Kier alpha value is -2.42. The summed E-state index contributed by atoms with van der Waals surface area (Å²) in [4.78, 5) is 21.0. The van der Waals surface area contributed by atoms with Crippen molar-refractivity contribution >= 4 is 17.3 Å². The molecule has 0 spiro atoms. The van der Waals surface area contributed by atoms with E-state index >= 15 is 0 Å². The smallest absolute Gasteiger partial charge is 0.313 e. The second kappa shape index (κ2) is 5.92. The van der Waals surface area contributed by atoms with Gasteiger partial charge in [-0.1, -0.05) is 0 Å². The quantitative estimate of drug-likeness (QED) is 0.622. The Bertz CT molecular complexity index is 579. The van der Waals surface area contributed by atoms with Crippen LogP contribution < -0.4 is 10.1 Å². The number of carboxylic acids is 1. The zero-order chi connectivity index (χ0) is 15.6. The number of methoxy groups -OCH3 is 1. The molecule has 2 rings (SSSR count). The maximum Gasteiger partial charge on any atom is 0.313 e. The number of halogens is 1. The monoisotopic (exact) mass is 300 g/mol. The van der Waals surface area contributed by atoms with E-state index in [4.69, 9.17) is 14.6 Å². The van der Waals surface area contributed by atoms with E-state index in [2.05, 4.69) is 5.32 Å². The maximum absolute atomic E-state index is 13.9. The SMILES string of the molecule is COc1cc(NC2COCC2C(=O)O)c(F)cc1[N+](=O)[O-]. The lowest BCUT2D eigenvalue weighted by Gasteiger charge is -2.18. The number of ether oxygens (including phenoxy) is 2. The van der Waals surface area contributed by atoms with E-state index in [0.29, 0.717) is 0 Å². The second-order valence-electron chi connectivity index (χ2n) is 4.49. The van der Waals surface area contributed by atoms with Crippen LogP contribution in [0.3, 0.4) is 0 Å². The number of nitro groups is 1. The van der Waals surface area contributed by atoms with E-state index in [-0.39, 0.29) is 24.7 Å². The number of nitrogens with zero attached hydrogens (tertiary/aromatic N) is 1. The molecule has 1 fully saturated rings. The van der Waals surface area contributed by atoms with Crippen molar-refractivity contribution in [1.82, 2.24) is 0 Å². The molecule has 114 valence electrons. The third-order valence-corrected chi connectivity index (χ3v) is 3.20. The summed E-state index contributed by atoms with van der Waals surface area (Å²) in [6.07, 6.45) is 0. The van der Waals surface area contributed by atoms with Crippen molar-refractivity contribution in [2.24, 2.45) is 5.92 Å². The Morgan fingerprint density at radius 2 is 2.29 bits per heavy atom. The minimum Gasteiger partial charge on any atom is -0.490 e. The Morgan fingerprint density at radius 3 is 2.86 bits per heavy atom. The minimum atomic E-state index is -1.06. The number of hydrogen-bond donors (Lipinski definition) is 2. The lowest BCUT2D eigenvalue weighted by atomic mass is 10.0. The van der Waals surface area contributed by atoms with Crippen LogP contribution in [0.25, 0.3) is 0 Å². The van der Waals surface area contributed by atoms with Gasteiger partial charge < -0.3 is 19.9 Å². The molecule has 0 saturated carbocycles. The van der Waals surface area contributed by atoms with Crippen LogP contribution >= 0.6 is 0 Å². The molecule has 1 heterocycles. The van der Waals surface area contributed by atoms with Crippen molar-refractivity contribution in [1.29, 1.82) is 0 Å². The van der Waals surface area contributed by atoms with E-state index in [1.807, 2.05) is 0 Å². The van der Waals surface area contributed by atoms with Crippen LogP contribution in [-0.4, -0.2) is 42.4 Å². The molecule has 2 unspecified atom stereocenters. The highest BCUT2D eigenvalue weighted by atomic mass is 19.1. The average Bonchev–Trinajstić information content (AvgIpc) is 2.88. The van der Waals surface area contributed by atoms with Gasteiger partial charge in [0, 0.05) is 6.07 Å². The van der Waals surface area contributed by atoms with Gasteiger partial charge in [0.15, 0.2) is 11.6 Å². The van der Waals surface area contributed by atoms with Gasteiger partial charge in [-0.15, -0.1) is 0 Å². The van der Waals surface area contributed by atoms with Gasteiger partial charge in [0.2, 0.25) is 0 Å². The molecular weight excluding hydrogens is 287 g/mol. The van der Waals surface area contributed by atoms with E-state index in [1.165, 1.54) is 7.11 Å².